The van der Waals surface area contributed by atoms with Gasteiger partial charge in [-0.15, -0.1) is 0 Å². The van der Waals surface area contributed by atoms with Gasteiger partial charge in [0.2, 0.25) is 0 Å². The van der Waals surface area contributed by atoms with Gasteiger partial charge in [-0.1, -0.05) is 0 Å². The van der Waals surface area contributed by atoms with Gasteiger partial charge in [0.05, 0.1) is 23.4 Å². The molecule has 2 heterocycles. The molecule has 1 saturated carbocycles. The Bertz CT molecular complexity index is 472. The summed E-state index contributed by atoms with van der Waals surface area (Å²) in [5.41, 5.74) is 0.183. The molecule has 1 aliphatic heterocycles. The molecular weight excluding hydrogens is 228 g/mol. The van der Waals surface area contributed by atoms with E-state index in [-0.39, 0.29) is 0 Å². The largest absolute Gasteiger partial charge is 0.389 e. The van der Waals surface area contributed by atoms with Crippen LogP contribution in [0.2, 0.25) is 0 Å². The van der Waals surface area contributed by atoms with E-state index in [1.54, 1.807) is 6.20 Å². The van der Waals surface area contributed by atoms with Crippen molar-refractivity contribution in [1.29, 1.82) is 5.26 Å². The maximum absolute atomic E-state index is 10.2. The number of rotatable bonds is 3. The average molecular weight is 246 g/mol. The van der Waals surface area contributed by atoms with Crippen LogP contribution in [0.5, 0.6) is 0 Å². The highest BCUT2D eigenvalue weighted by Gasteiger charge is 2.38. The zero-order valence-corrected chi connectivity index (χ0v) is 10.4. The minimum atomic E-state index is -0.434. The summed E-state index contributed by atoms with van der Waals surface area (Å²) in [5, 5.41) is 23.2. The molecule has 1 aliphatic carbocycles. The Balaban J connectivity index is 1.59. The van der Waals surface area contributed by atoms with E-state index in [2.05, 4.69) is 16.1 Å². The van der Waals surface area contributed by atoms with E-state index in [0.717, 1.165) is 45.3 Å². The Labute approximate surface area is 107 Å². The summed E-state index contributed by atoms with van der Waals surface area (Å²) >= 11 is 0. The second kappa shape index (κ2) is 4.38. The molecule has 2 aliphatic rings. The monoisotopic (exact) mass is 246 g/mol. The zero-order chi connectivity index (χ0) is 12.6. The summed E-state index contributed by atoms with van der Waals surface area (Å²) in [6.45, 7) is 2.72. The predicted molar refractivity (Wildman–Crippen MR) is 65.8 cm³/mol. The molecule has 1 unspecified atom stereocenters. The lowest BCUT2D eigenvalue weighted by molar-refractivity contribution is -0.0552. The molecule has 0 amide bonds. The van der Waals surface area contributed by atoms with Gasteiger partial charge < -0.3 is 5.11 Å². The van der Waals surface area contributed by atoms with Crippen molar-refractivity contribution in [3.8, 4) is 6.07 Å². The van der Waals surface area contributed by atoms with Crippen molar-refractivity contribution < 1.29 is 5.11 Å². The standard InChI is InChI=1S/C13H18N4O/c14-6-11-7-15-17(8-11)12-2-5-16(9-12)10-13(18)3-1-4-13/h7-8,12,18H,1-5,9-10H2. The lowest BCUT2D eigenvalue weighted by Gasteiger charge is -2.39. The number of β-amino-alcohol motifs (C(OH)–C–C–N with tert-alkyl or cyclic N) is 1. The Morgan fingerprint density at radius 2 is 2.39 bits per heavy atom. The predicted octanol–water partition coefficient (Wildman–Crippen LogP) is 0.917. The number of hydrogen-bond acceptors (Lipinski definition) is 4. The topological polar surface area (TPSA) is 65.1 Å². The smallest absolute Gasteiger partial charge is 0.102 e. The average Bonchev–Trinajstić information content (AvgIpc) is 2.94. The molecule has 1 saturated heterocycles. The first kappa shape index (κ1) is 11.7. The molecular formula is C13H18N4O. The van der Waals surface area contributed by atoms with Crippen LogP contribution in [0.3, 0.4) is 0 Å². The van der Waals surface area contributed by atoms with E-state index in [4.69, 9.17) is 5.26 Å². The SMILES string of the molecule is N#Cc1cnn(C2CCN(CC3(O)CCC3)C2)c1. The third kappa shape index (κ3) is 2.14. The lowest BCUT2D eigenvalue weighted by atomic mass is 9.80. The number of likely N-dealkylation sites (tertiary alicyclic amines) is 1. The van der Waals surface area contributed by atoms with Crippen molar-refractivity contribution in [2.24, 2.45) is 0 Å². The Morgan fingerprint density at radius 3 is 3.00 bits per heavy atom. The molecule has 1 aromatic heterocycles. The van der Waals surface area contributed by atoms with E-state index >= 15 is 0 Å². The van der Waals surface area contributed by atoms with Crippen LogP contribution in [0, 0.1) is 11.3 Å². The van der Waals surface area contributed by atoms with Crippen LogP contribution in [0.15, 0.2) is 12.4 Å². The van der Waals surface area contributed by atoms with Crippen molar-refractivity contribution in [3.63, 3.8) is 0 Å². The van der Waals surface area contributed by atoms with Gasteiger partial charge in [0.25, 0.3) is 0 Å². The van der Waals surface area contributed by atoms with E-state index < -0.39 is 5.60 Å². The Kier molecular flexibility index (Phi) is 2.84. The van der Waals surface area contributed by atoms with Gasteiger partial charge in [-0.05, 0) is 25.7 Å². The number of aliphatic hydroxyl groups is 1. The molecule has 0 aromatic carbocycles. The van der Waals surface area contributed by atoms with Crippen LogP contribution in [0.25, 0.3) is 0 Å². The minimum Gasteiger partial charge on any atom is -0.389 e. The summed E-state index contributed by atoms with van der Waals surface area (Å²) in [7, 11) is 0. The van der Waals surface area contributed by atoms with Crippen LogP contribution in [0.1, 0.15) is 37.3 Å². The highest BCUT2D eigenvalue weighted by Crippen LogP contribution is 2.34. The molecule has 2 fully saturated rings. The zero-order valence-electron chi connectivity index (χ0n) is 10.4. The lowest BCUT2D eigenvalue weighted by Crippen LogP contribution is -2.47. The maximum atomic E-state index is 10.2. The third-order valence-corrected chi connectivity index (χ3v) is 4.15. The van der Waals surface area contributed by atoms with Gasteiger partial charge in [-0.2, -0.15) is 10.4 Å². The molecule has 0 spiro atoms. The number of nitriles is 1. The van der Waals surface area contributed by atoms with Crippen LogP contribution in [-0.4, -0.2) is 45.0 Å². The van der Waals surface area contributed by atoms with Gasteiger partial charge in [-0.25, -0.2) is 0 Å². The van der Waals surface area contributed by atoms with Crippen LogP contribution >= 0.6 is 0 Å². The van der Waals surface area contributed by atoms with Crippen molar-refractivity contribution in [2.45, 2.75) is 37.3 Å². The molecule has 1 aromatic rings. The first-order valence-electron chi connectivity index (χ1n) is 6.58. The fourth-order valence-electron chi connectivity index (χ4n) is 2.93. The van der Waals surface area contributed by atoms with Gasteiger partial charge in [-0.3, -0.25) is 9.58 Å². The van der Waals surface area contributed by atoms with Crippen LogP contribution in [-0.2, 0) is 0 Å². The van der Waals surface area contributed by atoms with E-state index in [0.29, 0.717) is 11.6 Å². The second-order valence-electron chi connectivity index (χ2n) is 5.58. The molecule has 1 N–H and O–H groups in total. The molecule has 5 nitrogen and oxygen atoms in total. The first-order valence-corrected chi connectivity index (χ1v) is 6.58. The molecule has 3 rings (SSSR count). The molecule has 96 valence electrons. The van der Waals surface area contributed by atoms with Gasteiger partial charge in [0.1, 0.15) is 6.07 Å². The van der Waals surface area contributed by atoms with Crippen molar-refractivity contribution in [3.05, 3.63) is 18.0 Å². The Hall–Kier alpha value is -1.38. The molecule has 0 radical (unpaired) electrons. The van der Waals surface area contributed by atoms with Gasteiger partial charge >= 0.3 is 0 Å². The maximum Gasteiger partial charge on any atom is 0.102 e. The fraction of sp³-hybridized carbons (Fsp3) is 0.692. The number of hydrogen-bond donors (Lipinski definition) is 1. The van der Waals surface area contributed by atoms with Gasteiger partial charge in [0, 0.05) is 25.8 Å². The van der Waals surface area contributed by atoms with Crippen LogP contribution in [0.4, 0.5) is 0 Å². The highest BCUT2D eigenvalue weighted by molar-refractivity contribution is 5.22. The minimum absolute atomic E-state index is 0.343. The van der Waals surface area contributed by atoms with Crippen LogP contribution < -0.4 is 0 Å². The second-order valence-corrected chi connectivity index (χ2v) is 5.58. The Morgan fingerprint density at radius 1 is 1.56 bits per heavy atom. The quantitative estimate of drug-likeness (QED) is 0.861. The van der Waals surface area contributed by atoms with E-state index in [1.807, 2.05) is 10.9 Å². The molecule has 18 heavy (non-hydrogen) atoms. The summed E-state index contributed by atoms with van der Waals surface area (Å²) in [6.07, 6.45) is 7.50. The van der Waals surface area contributed by atoms with E-state index in [9.17, 15) is 5.11 Å². The van der Waals surface area contributed by atoms with Crippen molar-refractivity contribution in [1.82, 2.24) is 14.7 Å². The highest BCUT2D eigenvalue weighted by atomic mass is 16.3. The van der Waals surface area contributed by atoms with E-state index in [1.165, 1.54) is 0 Å². The first-order chi connectivity index (χ1) is 8.68. The summed E-state index contributed by atoms with van der Waals surface area (Å²) < 4.78 is 1.89. The summed E-state index contributed by atoms with van der Waals surface area (Å²) in [4.78, 5) is 2.32. The number of aromatic nitrogens is 2. The summed E-state index contributed by atoms with van der Waals surface area (Å²) in [6, 6.07) is 2.44. The summed E-state index contributed by atoms with van der Waals surface area (Å²) in [5.74, 6) is 0. The van der Waals surface area contributed by atoms with Gasteiger partial charge in [0.15, 0.2) is 0 Å². The molecule has 1 atom stereocenters. The molecule has 0 bridgehead atoms. The molecule has 5 heteroatoms. The normalized spacial score (nSPS) is 26.8. The fourth-order valence-corrected chi connectivity index (χ4v) is 2.93. The van der Waals surface area contributed by atoms with Crippen molar-refractivity contribution >= 4 is 0 Å². The third-order valence-electron chi connectivity index (χ3n) is 4.15. The van der Waals surface area contributed by atoms with Crippen molar-refractivity contribution in [2.75, 3.05) is 19.6 Å². The number of nitrogens with zero attached hydrogens (tertiary/aromatic N) is 4.